The van der Waals surface area contributed by atoms with Crippen molar-refractivity contribution in [1.29, 1.82) is 0 Å². The predicted molar refractivity (Wildman–Crippen MR) is 86.5 cm³/mol. The monoisotopic (exact) mass is 330 g/mol. The number of H-pyrrole nitrogens is 1. The van der Waals surface area contributed by atoms with E-state index in [1.165, 1.54) is 6.07 Å². The van der Waals surface area contributed by atoms with Crippen LogP contribution in [0.1, 0.15) is 28.5 Å². The van der Waals surface area contributed by atoms with Crippen LogP contribution in [0.3, 0.4) is 0 Å². The zero-order valence-corrected chi connectivity index (χ0v) is 13.5. The van der Waals surface area contributed by atoms with Gasteiger partial charge in [-0.3, -0.25) is 25.2 Å². The molecule has 1 aromatic heterocycles. The fourth-order valence-corrected chi connectivity index (χ4v) is 1.85. The Balaban J connectivity index is 1.92. The first kappa shape index (κ1) is 17.2. The van der Waals surface area contributed by atoms with Crippen LogP contribution in [0.5, 0.6) is 5.75 Å². The van der Waals surface area contributed by atoms with Gasteiger partial charge in [-0.15, -0.1) is 0 Å². The Morgan fingerprint density at radius 2 is 1.92 bits per heavy atom. The first-order valence-electron chi connectivity index (χ1n) is 7.27. The van der Waals surface area contributed by atoms with Crippen molar-refractivity contribution in [3.8, 4) is 5.75 Å². The van der Waals surface area contributed by atoms with Crippen LogP contribution in [0.15, 0.2) is 35.1 Å². The van der Waals surface area contributed by atoms with E-state index in [0.717, 1.165) is 17.2 Å². The smallest absolute Gasteiger partial charge is 0.290 e. The molecule has 8 heteroatoms. The number of aryl methyl sites for hydroxylation is 1. The second-order valence-electron chi connectivity index (χ2n) is 5.21. The van der Waals surface area contributed by atoms with Crippen molar-refractivity contribution in [1.82, 2.24) is 21.0 Å². The van der Waals surface area contributed by atoms with E-state index < -0.39 is 23.5 Å². The molecule has 2 aromatic rings. The summed E-state index contributed by atoms with van der Waals surface area (Å²) in [4.78, 5) is 34.7. The molecule has 8 nitrogen and oxygen atoms in total. The molecule has 0 aliphatic rings. The molecule has 1 aromatic carbocycles. The number of rotatable bonds is 4. The molecular formula is C16H18N4O4. The summed E-state index contributed by atoms with van der Waals surface area (Å²) in [6.45, 7) is 5.42. The summed E-state index contributed by atoms with van der Waals surface area (Å²) in [6.07, 6.45) is -0.811. The summed E-state index contributed by atoms with van der Waals surface area (Å²) < 4.78 is 5.62. The maximum absolute atomic E-state index is 12.0. The van der Waals surface area contributed by atoms with Crippen molar-refractivity contribution in [2.75, 3.05) is 0 Å². The molecule has 24 heavy (non-hydrogen) atoms. The Bertz CT molecular complexity index is 795. The van der Waals surface area contributed by atoms with Gasteiger partial charge in [-0.2, -0.15) is 5.10 Å². The van der Waals surface area contributed by atoms with Crippen LogP contribution in [-0.2, 0) is 4.79 Å². The van der Waals surface area contributed by atoms with Gasteiger partial charge in [0.25, 0.3) is 17.4 Å². The Morgan fingerprint density at radius 3 is 2.58 bits per heavy atom. The fraction of sp³-hybridized carbons (Fsp3) is 0.250. The normalized spacial score (nSPS) is 11.5. The van der Waals surface area contributed by atoms with Crippen molar-refractivity contribution >= 4 is 11.8 Å². The number of hydrogen-bond donors (Lipinski definition) is 3. The highest BCUT2D eigenvalue weighted by Crippen LogP contribution is 2.21. The van der Waals surface area contributed by atoms with Crippen LogP contribution in [0.25, 0.3) is 0 Å². The second-order valence-corrected chi connectivity index (χ2v) is 5.21. The Hall–Kier alpha value is -3.16. The highest BCUT2D eigenvalue weighted by Gasteiger charge is 2.17. The molecular weight excluding hydrogens is 312 g/mol. The average molecular weight is 330 g/mol. The highest BCUT2D eigenvalue weighted by atomic mass is 16.5. The molecule has 126 valence electrons. The number of nitrogens with zero attached hydrogens (tertiary/aromatic N) is 1. The fourth-order valence-electron chi connectivity index (χ4n) is 1.85. The molecule has 0 saturated heterocycles. The van der Waals surface area contributed by atoms with E-state index >= 15 is 0 Å². The Labute approximate surface area is 138 Å². The summed E-state index contributed by atoms with van der Waals surface area (Å²) in [5.74, 6) is -0.571. The van der Waals surface area contributed by atoms with Crippen molar-refractivity contribution in [3.63, 3.8) is 0 Å². The summed E-state index contributed by atoms with van der Waals surface area (Å²) >= 11 is 0. The van der Waals surface area contributed by atoms with E-state index in [2.05, 4.69) is 21.0 Å². The molecule has 1 heterocycles. The zero-order chi connectivity index (χ0) is 17.7. The number of aromatic nitrogens is 2. The zero-order valence-electron chi connectivity index (χ0n) is 13.5. The molecule has 0 bridgehead atoms. The number of hydrazine groups is 1. The summed E-state index contributed by atoms with van der Waals surface area (Å²) in [7, 11) is 0. The average Bonchev–Trinajstić information content (AvgIpc) is 2.57. The van der Waals surface area contributed by atoms with Gasteiger partial charge in [-0.05, 0) is 44.0 Å². The molecule has 0 fully saturated rings. The largest absolute Gasteiger partial charge is 0.481 e. The van der Waals surface area contributed by atoms with Crippen molar-refractivity contribution in [2.24, 2.45) is 0 Å². The molecule has 1 atom stereocenters. The van der Waals surface area contributed by atoms with E-state index in [1.54, 1.807) is 13.0 Å². The van der Waals surface area contributed by atoms with Crippen molar-refractivity contribution < 1.29 is 14.3 Å². The van der Waals surface area contributed by atoms with Gasteiger partial charge in [0.2, 0.25) is 0 Å². The minimum atomic E-state index is -0.811. The van der Waals surface area contributed by atoms with Crippen LogP contribution >= 0.6 is 0 Å². The number of nitrogens with one attached hydrogen (secondary N) is 3. The summed E-state index contributed by atoms with van der Waals surface area (Å²) in [5.41, 5.74) is 6.00. The number of benzene rings is 1. The van der Waals surface area contributed by atoms with Gasteiger partial charge in [0.15, 0.2) is 11.8 Å². The maximum Gasteiger partial charge on any atom is 0.290 e. The van der Waals surface area contributed by atoms with Crippen LogP contribution in [0, 0.1) is 13.8 Å². The van der Waals surface area contributed by atoms with Crippen LogP contribution in [-0.4, -0.2) is 28.1 Å². The number of ether oxygens (including phenoxy) is 1. The lowest BCUT2D eigenvalue weighted by atomic mass is 10.1. The number of amides is 2. The third kappa shape index (κ3) is 4.19. The Morgan fingerprint density at radius 1 is 1.17 bits per heavy atom. The van der Waals surface area contributed by atoms with Gasteiger partial charge in [-0.1, -0.05) is 12.1 Å². The number of carbonyl (C=O) groups excluding carboxylic acids is 2. The number of aromatic amines is 1. The van der Waals surface area contributed by atoms with E-state index in [1.807, 2.05) is 26.0 Å². The van der Waals surface area contributed by atoms with Crippen molar-refractivity contribution in [2.45, 2.75) is 26.9 Å². The molecule has 0 radical (unpaired) electrons. The van der Waals surface area contributed by atoms with Gasteiger partial charge < -0.3 is 4.74 Å². The van der Waals surface area contributed by atoms with Gasteiger partial charge in [-0.25, -0.2) is 5.10 Å². The van der Waals surface area contributed by atoms with Crippen molar-refractivity contribution in [3.05, 3.63) is 57.5 Å². The van der Waals surface area contributed by atoms with E-state index in [9.17, 15) is 14.4 Å². The van der Waals surface area contributed by atoms with Gasteiger partial charge in [0, 0.05) is 6.07 Å². The third-order valence-electron chi connectivity index (χ3n) is 3.44. The summed E-state index contributed by atoms with van der Waals surface area (Å²) in [5, 5.41) is 5.69. The quantitative estimate of drug-likeness (QED) is 0.711. The number of carbonyl (C=O) groups is 2. The van der Waals surface area contributed by atoms with Crippen LogP contribution in [0.2, 0.25) is 0 Å². The van der Waals surface area contributed by atoms with Crippen LogP contribution < -0.4 is 21.1 Å². The SMILES string of the molecule is Cc1cccc(OC(C)C(=O)NNC(=O)c2ccc(=O)[nH]n2)c1C. The van der Waals surface area contributed by atoms with Gasteiger partial charge >= 0.3 is 0 Å². The molecule has 0 aliphatic heterocycles. The second kappa shape index (κ2) is 7.40. The lowest BCUT2D eigenvalue weighted by Gasteiger charge is -2.17. The molecule has 1 unspecified atom stereocenters. The van der Waals surface area contributed by atoms with Gasteiger partial charge in [0.1, 0.15) is 5.75 Å². The molecule has 3 N–H and O–H groups in total. The predicted octanol–water partition coefficient (Wildman–Crippen LogP) is 0.615. The Kier molecular flexibility index (Phi) is 5.31. The minimum Gasteiger partial charge on any atom is -0.481 e. The van der Waals surface area contributed by atoms with E-state index in [4.69, 9.17) is 4.74 Å². The van der Waals surface area contributed by atoms with Crippen LogP contribution in [0.4, 0.5) is 0 Å². The first-order valence-corrected chi connectivity index (χ1v) is 7.27. The standard InChI is InChI=1S/C16H18N4O4/c1-9-5-4-6-13(10(9)2)24-11(3)15(22)19-20-16(23)12-7-8-14(21)18-17-12/h4-8,11H,1-3H3,(H,18,21)(H,19,22)(H,20,23). The van der Waals surface area contributed by atoms with Gasteiger partial charge in [0.05, 0.1) is 0 Å². The third-order valence-corrected chi connectivity index (χ3v) is 3.44. The molecule has 2 rings (SSSR count). The highest BCUT2D eigenvalue weighted by molar-refractivity contribution is 5.93. The topological polar surface area (TPSA) is 113 Å². The minimum absolute atomic E-state index is 0.0296. The first-order chi connectivity index (χ1) is 11.4. The molecule has 0 saturated carbocycles. The maximum atomic E-state index is 12.0. The molecule has 0 spiro atoms. The molecule has 0 aliphatic carbocycles. The number of hydrogen-bond acceptors (Lipinski definition) is 5. The summed E-state index contributed by atoms with van der Waals surface area (Å²) in [6, 6.07) is 7.97. The van der Waals surface area contributed by atoms with E-state index in [0.29, 0.717) is 5.75 Å². The lowest BCUT2D eigenvalue weighted by molar-refractivity contribution is -0.128. The lowest BCUT2D eigenvalue weighted by Crippen LogP contribution is -2.47. The molecule has 2 amide bonds. The van der Waals surface area contributed by atoms with E-state index in [-0.39, 0.29) is 5.69 Å².